The summed E-state index contributed by atoms with van der Waals surface area (Å²) in [6.45, 7) is -0.111. The Labute approximate surface area is 144 Å². The fourth-order valence-electron chi connectivity index (χ4n) is 2.58. The van der Waals surface area contributed by atoms with Crippen LogP contribution in [0.25, 0.3) is 0 Å². The number of benzene rings is 2. The largest absolute Gasteiger partial charge is 0.489 e. The Morgan fingerprint density at radius 3 is 2.60 bits per heavy atom. The highest BCUT2D eigenvalue weighted by Crippen LogP contribution is 2.28. The molecule has 1 fully saturated rings. The lowest BCUT2D eigenvalue weighted by molar-refractivity contribution is -0.137. The Kier molecular flexibility index (Phi) is 4.97. The highest BCUT2D eigenvalue weighted by molar-refractivity contribution is 5.96. The van der Waals surface area contributed by atoms with Crippen LogP contribution in [0.15, 0.2) is 48.5 Å². The maximum Gasteiger partial charge on any atom is 0.323 e. The first-order chi connectivity index (χ1) is 12.0. The minimum Gasteiger partial charge on any atom is -0.489 e. The number of aliphatic carboxylic acids is 1. The summed E-state index contributed by atoms with van der Waals surface area (Å²) >= 11 is 0. The van der Waals surface area contributed by atoms with Gasteiger partial charge in [0.05, 0.1) is 0 Å². The predicted octanol–water partition coefficient (Wildman–Crippen LogP) is 3.09. The van der Waals surface area contributed by atoms with Gasteiger partial charge in [-0.15, -0.1) is 0 Å². The molecule has 1 amide bonds. The van der Waals surface area contributed by atoms with Crippen LogP contribution in [0.2, 0.25) is 0 Å². The number of ether oxygens (including phenoxy) is 1. The fraction of sp³-hybridized carbons (Fsp3) is 0.263. The number of carbonyl (C=O) groups is 2. The Balaban J connectivity index is 1.69. The standard InChI is InChI=1S/C19H18FNO4/c20-15-5-2-6-17(10-15)25-12-13-3-1-4-14(9-13)19(24)21(11-18(22)23)16-7-8-16/h1-6,9-10,16H,7-8,11-12H2,(H,22,23). The second kappa shape index (κ2) is 7.34. The number of halogens is 1. The molecule has 0 radical (unpaired) electrons. The zero-order chi connectivity index (χ0) is 17.8. The van der Waals surface area contributed by atoms with Crippen molar-refractivity contribution in [2.45, 2.75) is 25.5 Å². The van der Waals surface area contributed by atoms with E-state index < -0.39 is 5.97 Å². The van der Waals surface area contributed by atoms with Crippen molar-refractivity contribution in [2.24, 2.45) is 0 Å². The molecule has 0 atom stereocenters. The van der Waals surface area contributed by atoms with E-state index in [1.807, 2.05) is 0 Å². The molecule has 3 rings (SSSR count). The molecular weight excluding hydrogens is 325 g/mol. The zero-order valence-corrected chi connectivity index (χ0v) is 13.5. The highest BCUT2D eigenvalue weighted by Gasteiger charge is 2.34. The topological polar surface area (TPSA) is 66.8 Å². The van der Waals surface area contributed by atoms with Crippen molar-refractivity contribution < 1.29 is 23.8 Å². The summed E-state index contributed by atoms with van der Waals surface area (Å²) < 4.78 is 18.7. The van der Waals surface area contributed by atoms with Gasteiger partial charge in [0.15, 0.2) is 0 Å². The molecule has 0 saturated heterocycles. The number of carbonyl (C=O) groups excluding carboxylic acids is 1. The molecule has 0 bridgehead atoms. The minimum absolute atomic E-state index is 0.0100. The van der Waals surface area contributed by atoms with Gasteiger partial charge in [-0.05, 0) is 42.7 Å². The Hall–Kier alpha value is -2.89. The SMILES string of the molecule is O=C(O)CN(C(=O)c1cccc(COc2cccc(F)c2)c1)C1CC1. The van der Waals surface area contributed by atoms with Gasteiger partial charge in [-0.1, -0.05) is 18.2 Å². The highest BCUT2D eigenvalue weighted by atomic mass is 19.1. The van der Waals surface area contributed by atoms with Gasteiger partial charge in [0.2, 0.25) is 0 Å². The van der Waals surface area contributed by atoms with Crippen molar-refractivity contribution in [3.05, 3.63) is 65.5 Å². The molecule has 0 heterocycles. The first kappa shape index (κ1) is 17.0. The zero-order valence-electron chi connectivity index (χ0n) is 13.5. The molecule has 2 aromatic carbocycles. The van der Waals surface area contributed by atoms with Gasteiger partial charge in [-0.3, -0.25) is 9.59 Å². The minimum atomic E-state index is -1.02. The van der Waals surface area contributed by atoms with E-state index in [0.717, 1.165) is 18.4 Å². The number of carboxylic acids is 1. The third-order valence-electron chi connectivity index (χ3n) is 3.93. The van der Waals surface area contributed by atoms with Crippen LogP contribution in [0.1, 0.15) is 28.8 Å². The number of amides is 1. The Morgan fingerprint density at radius 1 is 1.16 bits per heavy atom. The van der Waals surface area contributed by atoms with Gasteiger partial charge in [-0.25, -0.2) is 4.39 Å². The molecule has 1 saturated carbocycles. The van der Waals surface area contributed by atoms with Gasteiger partial charge < -0.3 is 14.7 Å². The summed E-state index contributed by atoms with van der Waals surface area (Å²) in [7, 11) is 0. The lowest BCUT2D eigenvalue weighted by atomic mass is 10.1. The van der Waals surface area contributed by atoms with E-state index in [1.54, 1.807) is 36.4 Å². The molecule has 5 nitrogen and oxygen atoms in total. The quantitative estimate of drug-likeness (QED) is 0.839. The number of hydrogen-bond donors (Lipinski definition) is 1. The second-order valence-corrected chi connectivity index (χ2v) is 6.00. The van der Waals surface area contributed by atoms with Crippen LogP contribution in [0.4, 0.5) is 4.39 Å². The van der Waals surface area contributed by atoms with Crippen LogP contribution in [-0.2, 0) is 11.4 Å². The van der Waals surface area contributed by atoms with Crippen LogP contribution < -0.4 is 4.74 Å². The monoisotopic (exact) mass is 343 g/mol. The third-order valence-corrected chi connectivity index (χ3v) is 3.93. The van der Waals surface area contributed by atoms with Crippen molar-refractivity contribution in [3.63, 3.8) is 0 Å². The molecule has 0 aliphatic heterocycles. The van der Waals surface area contributed by atoms with Gasteiger partial charge in [0.25, 0.3) is 5.91 Å². The predicted molar refractivity (Wildman–Crippen MR) is 88.9 cm³/mol. The molecule has 0 aromatic heterocycles. The van der Waals surface area contributed by atoms with Crippen molar-refractivity contribution >= 4 is 11.9 Å². The van der Waals surface area contributed by atoms with Crippen LogP contribution in [0.3, 0.4) is 0 Å². The summed E-state index contributed by atoms with van der Waals surface area (Å²) in [5, 5.41) is 9.00. The Bertz CT molecular complexity index is 788. The van der Waals surface area contributed by atoms with Crippen molar-refractivity contribution in [2.75, 3.05) is 6.54 Å². The maximum atomic E-state index is 13.2. The molecule has 1 aliphatic rings. The van der Waals surface area contributed by atoms with E-state index >= 15 is 0 Å². The van der Waals surface area contributed by atoms with Crippen LogP contribution in [0.5, 0.6) is 5.75 Å². The van der Waals surface area contributed by atoms with Crippen LogP contribution in [-0.4, -0.2) is 34.5 Å². The second-order valence-electron chi connectivity index (χ2n) is 6.00. The summed E-state index contributed by atoms with van der Waals surface area (Å²) in [4.78, 5) is 25.0. The number of hydrogen-bond acceptors (Lipinski definition) is 3. The van der Waals surface area contributed by atoms with Crippen LogP contribution >= 0.6 is 0 Å². The molecule has 0 unspecified atom stereocenters. The summed E-state index contributed by atoms with van der Waals surface area (Å²) in [6, 6.07) is 12.7. The van der Waals surface area contributed by atoms with Gasteiger partial charge in [0, 0.05) is 17.7 Å². The van der Waals surface area contributed by atoms with Gasteiger partial charge in [0.1, 0.15) is 24.7 Å². The number of nitrogens with zero attached hydrogens (tertiary/aromatic N) is 1. The van der Waals surface area contributed by atoms with Gasteiger partial charge in [-0.2, -0.15) is 0 Å². The van der Waals surface area contributed by atoms with E-state index in [1.165, 1.54) is 17.0 Å². The fourth-order valence-corrected chi connectivity index (χ4v) is 2.58. The molecule has 0 spiro atoms. The molecule has 2 aromatic rings. The average molecular weight is 343 g/mol. The van der Waals surface area contributed by atoms with Crippen molar-refractivity contribution in [1.29, 1.82) is 0 Å². The van der Waals surface area contributed by atoms with E-state index in [-0.39, 0.29) is 30.9 Å². The summed E-state index contributed by atoms with van der Waals surface area (Å²) in [6.07, 6.45) is 1.67. The molecule has 25 heavy (non-hydrogen) atoms. The van der Waals surface area contributed by atoms with Gasteiger partial charge >= 0.3 is 5.97 Å². The molecule has 1 N–H and O–H groups in total. The normalized spacial score (nSPS) is 13.3. The first-order valence-corrected chi connectivity index (χ1v) is 8.03. The maximum absolute atomic E-state index is 13.2. The Morgan fingerprint density at radius 2 is 1.92 bits per heavy atom. The van der Waals surface area contributed by atoms with E-state index in [2.05, 4.69) is 0 Å². The molecule has 1 aliphatic carbocycles. The first-order valence-electron chi connectivity index (χ1n) is 8.03. The smallest absolute Gasteiger partial charge is 0.323 e. The number of carboxylic acid groups (broad SMARTS) is 1. The number of rotatable bonds is 7. The van der Waals surface area contributed by atoms with Crippen molar-refractivity contribution in [1.82, 2.24) is 4.90 Å². The van der Waals surface area contributed by atoms with E-state index in [4.69, 9.17) is 9.84 Å². The van der Waals surface area contributed by atoms with Crippen molar-refractivity contribution in [3.8, 4) is 5.75 Å². The lowest BCUT2D eigenvalue weighted by Crippen LogP contribution is -2.37. The van der Waals surface area contributed by atoms with E-state index in [9.17, 15) is 14.0 Å². The molecule has 130 valence electrons. The molecule has 6 heteroatoms. The summed E-state index contributed by atoms with van der Waals surface area (Å²) in [5.74, 6) is -1.29. The average Bonchev–Trinajstić information content (AvgIpc) is 3.42. The summed E-state index contributed by atoms with van der Waals surface area (Å²) in [5.41, 5.74) is 1.18. The molecular formula is C19H18FNO4. The van der Waals surface area contributed by atoms with Crippen LogP contribution in [0, 0.1) is 5.82 Å². The lowest BCUT2D eigenvalue weighted by Gasteiger charge is -2.20. The third kappa shape index (κ3) is 4.56. The van der Waals surface area contributed by atoms with E-state index in [0.29, 0.717) is 11.3 Å².